The molecule has 0 aliphatic carbocycles. The first-order valence-electron chi connectivity index (χ1n) is 2.16. The zero-order valence-electron chi connectivity index (χ0n) is 4.06. The van der Waals surface area contributed by atoms with Gasteiger partial charge in [-0.3, -0.25) is 0 Å². The summed E-state index contributed by atoms with van der Waals surface area (Å²) in [5.41, 5.74) is 0. The predicted octanol–water partition coefficient (Wildman–Crippen LogP) is 0.738. The molecule has 0 spiro atoms. The van der Waals surface area contributed by atoms with E-state index in [-0.39, 0.29) is 6.79 Å². The summed E-state index contributed by atoms with van der Waals surface area (Å²) in [6.07, 6.45) is 0.959. The number of halogens is 1. The van der Waals surface area contributed by atoms with E-state index in [0.29, 0.717) is 6.61 Å². The molecule has 0 saturated carbocycles. The quantitative estimate of drug-likeness (QED) is 0.382. The highest BCUT2D eigenvalue weighted by Gasteiger charge is 1.80. The molecule has 1 N–H and O–H groups in total. The Bertz CT molecular complexity index is 28.9. The van der Waals surface area contributed by atoms with Gasteiger partial charge in [0.15, 0.2) is 0 Å². The van der Waals surface area contributed by atoms with Gasteiger partial charge in [-0.2, -0.15) is 0 Å². The molecule has 0 rings (SSSR count). The number of ether oxygens (including phenoxy) is 1. The average Bonchev–Trinajstić information content (AvgIpc) is 1.69. The van der Waals surface area contributed by atoms with Crippen LogP contribution < -0.4 is 0 Å². The zero-order chi connectivity index (χ0) is 5.54. The van der Waals surface area contributed by atoms with Gasteiger partial charge < -0.3 is 9.84 Å². The number of alkyl halides is 1. The zero-order valence-corrected chi connectivity index (χ0v) is 5.65. The molecule has 0 saturated heterocycles. The molecule has 0 aromatic carbocycles. The Morgan fingerprint density at radius 1 is 1.57 bits per heavy atom. The van der Waals surface area contributed by atoms with Gasteiger partial charge in [0, 0.05) is 5.33 Å². The van der Waals surface area contributed by atoms with E-state index >= 15 is 0 Å². The smallest absolute Gasteiger partial charge is 0.143 e. The van der Waals surface area contributed by atoms with Gasteiger partial charge in [0.25, 0.3) is 0 Å². The van der Waals surface area contributed by atoms with Crippen molar-refractivity contribution in [2.24, 2.45) is 0 Å². The van der Waals surface area contributed by atoms with Crippen molar-refractivity contribution in [1.29, 1.82) is 0 Å². The van der Waals surface area contributed by atoms with Crippen molar-refractivity contribution in [3.05, 3.63) is 0 Å². The molecule has 0 atom stereocenters. The Kier molecular flexibility index (Phi) is 6.77. The summed E-state index contributed by atoms with van der Waals surface area (Å²) >= 11 is 3.22. The van der Waals surface area contributed by atoms with Crippen molar-refractivity contribution < 1.29 is 9.84 Å². The monoisotopic (exact) mass is 168 g/mol. The third-order valence-corrected chi connectivity index (χ3v) is 1.07. The lowest BCUT2D eigenvalue weighted by molar-refractivity contribution is -0.000463. The molecule has 0 aliphatic rings. The molecule has 44 valence electrons. The molecule has 2 nitrogen and oxygen atoms in total. The first-order valence-corrected chi connectivity index (χ1v) is 3.28. The summed E-state index contributed by atoms with van der Waals surface area (Å²) in [5, 5.41) is 8.99. The van der Waals surface area contributed by atoms with E-state index in [1.54, 1.807) is 0 Å². The number of aliphatic hydroxyl groups excluding tert-OH is 1. The Labute approximate surface area is 51.6 Å². The molecule has 0 amide bonds. The highest BCUT2D eigenvalue weighted by Crippen LogP contribution is 1.86. The minimum absolute atomic E-state index is 0.160. The van der Waals surface area contributed by atoms with Crippen LogP contribution in [0.15, 0.2) is 0 Å². The van der Waals surface area contributed by atoms with E-state index in [0.717, 1.165) is 11.8 Å². The van der Waals surface area contributed by atoms with Crippen LogP contribution in [0, 0.1) is 0 Å². The normalized spacial score (nSPS) is 9.43. The van der Waals surface area contributed by atoms with Crippen LogP contribution >= 0.6 is 15.9 Å². The van der Waals surface area contributed by atoms with Crippen LogP contribution in [0.1, 0.15) is 6.42 Å². The molecular weight excluding hydrogens is 160 g/mol. The van der Waals surface area contributed by atoms with Gasteiger partial charge in [-0.15, -0.1) is 0 Å². The van der Waals surface area contributed by atoms with Gasteiger partial charge in [0.05, 0.1) is 6.61 Å². The number of hydrogen-bond donors (Lipinski definition) is 1. The van der Waals surface area contributed by atoms with Crippen molar-refractivity contribution in [2.45, 2.75) is 6.42 Å². The van der Waals surface area contributed by atoms with Gasteiger partial charge >= 0.3 is 0 Å². The van der Waals surface area contributed by atoms with Crippen LogP contribution in [0.3, 0.4) is 0 Å². The second-order valence-electron chi connectivity index (χ2n) is 1.08. The van der Waals surface area contributed by atoms with Gasteiger partial charge in [0.2, 0.25) is 0 Å². The molecule has 0 radical (unpaired) electrons. The Morgan fingerprint density at radius 2 is 2.29 bits per heavy atom. The first-order chi connectivity index (χ1) is 3.41. The van der Waals surface area contributed by atoms with Crippen molar-refractivity contribution in [3.63, 3.8) is 0 Å². The molecule has 0 aromatic rings. The lowest BCUT2D eigenvalue weighted by Gasteiger charge is -1.93. The summed E-state index contributed by atoms with van der Waals surface area (Å²) < 4.78 is 4.60. The van der Waals surface area contributed by atoms with Gasteiger partial charge in [-0.1, -0.05) is 15.9 Å². The summed E-state index contributed by atoms with van der Waals surface area (Å²) in [6.45, 7) is 0.481. The second kappa shape index (κ2) is 6.40. The number of rotatable bonds is 4. The van der Waals surface area contributed by atoms with Crippen molar-refractivity contribution in [3.8, 4) is 0 Å². The van der Waals surface area contributed by atoms with Crippen LogP contribution in [0.4, 0.5) is 0 Å². The third-order valence-electron chi connectivity index (χ3n) is 0.514. The van der Waals surface area contributed by atoms with Crippen LogP contribution in [-0.2, 0) is 4.74 Å². The van der Waals surface area contributed by atoms with Crippen molar-refractivity contribution in [2.75, 3.05) is 18.7 Å². The molecule has 0 aliphatic heterocycles. The minimum Gasteiger partial charge on any atom is -0.371 e. The Balaban J connectivity index is 2.45. The Morgan fingerprint density at radius 3 is 2.71 bits per heavy atom. The fourth-order valence-electron chi connectivity index (χ4n) is 0.221. The lowest BCUT2D eigenvalue weighted by atomic mass is 10.5. The van der Waals surface area contributed by atoms with Crippen molar-refractivity contribution in [1.82, 2.24) is 0 Å². The SMILES string of the molecule is OCOCCCBr. The van der Waals surface area contributed by atoms with E-state index in [1.165, 1.54) is 0 Å². The van der Waals surface area contributed by atoms with Crippen LogP contribution in [0.5, 0.6) is 0 Å². The first kappa shape index (κ1) is 7.40. The molecule has 0 unspecified atom stereocenters. The molecular formula is C4H9BrO2. The van der Waals surface area contributed by atoms with E-state index in [9.17, 15) is 0 Å². The van der Waals surface area contributed by atoms with Crippen LogP contribution in [0.25, 0.3) is 0 Å². The topological polar surface area (TPSA) is 29.5 Å². The molecule has 0 fully saturated rings. The molecule has 0 bridgehead atoms. The van der Waals surface area contributed by atoms with E-state index in [2.05, 4.69) is 20.7 Å². The molecule has 0 heterocycles. The average molecular weight is 169 g/mol. The van der Waals surface area contributed by atoms with Gasteiger partial charge in [-0.05, 0) is 6.42 Å². The summed E-state index contributed by atoms with van der Waals surface area (Å²) in [5.74, 6) is 0. The number of aliphatic hydroxyl groups is 1. The maximum Gasteiger partial charge on any atom is 0.143 e. The summed E-state index contributed by atoms with van der Waals surface area (Å²) in [6, 6.07) is 0. The van der Waals surface area contributed by atoms with E-state index in [4.69, 9.17) is 5.11 Å². The molecule has 3 heteroatoms. The third kappa shape index (κ3) is 6.40. The highest BCUT2D eigenvalue weighted by molar-refractivity contribution is 9.09. The maximum absolute atomic E-state index is 8.06. The summed E-state index contributed by atoms with van der Waals surface area (Å²) in [4.78, 5) is 0. The Hall–Kier alpha value is 0.400. The lowest BCUT2D eigenvalue weighted by Crippen LogP contribution is -1.94. The predicted molar refractivity (Wildman–Crippen MR) is 31.4 cm³/mol. The fourth-order valence-corrected chi connectivity index (χ4v) is 0.450. The maximum atomic E-state index is 8.06. The van der Waals surface area contributed by atoms with Crippen LogP contribution in [-0.4, -0.2) is 23.8 Å². The van der Waals surface area contributed by atoms with E-state index < -0.39 is 0 Å². The van der Waals surface area contributed by atoms with Crippen molar-refractivity contribution >= 4 is 15.9 Å². The van der Waals surface area contributed by atoms with Gasteiger partial charge in [-0.25, -0.2) is 0 Å². The highest BCUT2D eigenvalue weighted by atomic mass is 79.9. The number of hydrogen-bond acceptors (Lipinski definition) is 2. The fraction of sp³-hybridized carbons (Fsp3) is 1.00. The van der Waals surface area contributed by atoms with Crippen LogP contribution in [0.2, 0.25) is 0 Å². The van der Waals surface area contributed by atoms with Gasteiger partial charge in [0.1, 0.15) is 6.79 Å². The summed E-state index contributed by atoms with van der Waals surface area (Å²) in [7, 11) is 0. The molecule has 7 heavy (non-hydrogen) atoms. The largest absolute Gasteiger partial charge is 0.371 e. The second-order valence-corrected chi connectivity index (χ2v) is 1.87. The standard InChI is InChI=1S/C4H9BrO2/c5-2-1-3-7-4-6/h6H,1-4H2. The van der Waals surface area contributed by atoms with E-state index in [1.807, 2.05) is 0 Å². The molecule has 0 aromatic heterocycles. The minimum atomic E-state index is -0.160.